The molecule has 0 fully saturated rings. The van der Waals surface area contributed by atoms with E-state index in [2.05, 4.69) is 15.4 Å². The Bertz CT molecular complexity index is 904. The second kappa shape index (κ2) is 7.21. The number of amides is 1. The summed E-state index contributed by atoms with van der Waals surface area (Å²) < 4.78 is 12.4. The van der Waals surface area contributed by atoms with Crippen LogP contribution in [-0.2, 0) is 7.05 Å². The number of rotatable bonds is 6. The number of carbonyl (C=O) groups excluding carboxylic acids is 1. The van der Waals surface area contributed by atoms with Crippen LogP contribution in [0.25, 0.3) is 11.0 Å². The number of aryl methyl sites for hydroxylation is 2. The molecule has 7 heteroatoms. The summed E-state index contributed by atoms with van der Waals surface area (Å²) in [7, 11) is 3.44. The van der Waals surface area contributed by atoms with E-state index >= 15 is 0 Å². The Morgan fingerprint density at radius 1 is 1.28 bits per heavy atom. The minimum atomic E-state index is -0.188. The Labute approximate surface area is 145 Å². The molecule has 0 aliphatic rings. The molecular formula is C18H20N4O3. The van der Waals surface area contributed by atoms with Crippen molar-refractivity contribution in [1.82, 2.24) is 20.1 Å². The van der Waals surface area contributed by atoms with Gasteiger partial charge >= 0.3 is 0 Å². The normalized spacial score (nSPS) is 10.7. The van der Waals surface area contributed by atoms with E-state index in [0.29, 0.717) is 24.5 Å². The van der Waals surface area contributed by atoms with Crippen LogP contribution < -0.4 is 14.8 Å². The molecular weight excluding hydrogens is 320 g/mol. The molecule has 3 rings (SSSR count). The van der Waals surface area contributed by atoms with Gasteiger partial charge in [-0.3, -0.25) is 9.48 Å². The van der Waals surface area contributed by atoms with E-state index in [4.69, 9.17) is 9.47 Å². The fourth-order valence-corrected chi connectivity index (χ4v) is 2.56. The molecule has 0 saturated carbocycles. The van der Waals surface area contributed by atoms with Crippen LogP contribution in [0.5, 0.6) is 11.5 Å². The van der Waals surface area contributed by atoms with Gasteiger partial charge in [0.15, 0.2) is 5.65 Å². The second-order valence-corrected chi connectivity index (χ2v) is 5.59. The Morgan fingerprint density at radius 3 is 2.88 bits per heavy atom. The van der Waals surface area contributed by atoms with Crippen molar-refractivity contribution in [1.29, 1.82) is 0 Å². The SMILES string of the molecule is COc1cccc(OCCNC(=O)c2cnc3c(c2)c(C)nn3C)c1. The highest BCUT2D eigenvalue weighted by molar-refractivity contribution is 5.97. The maximum atomic E-state index is 12.3. The molecule has 7 nitrogen and oxygen atoms in total. The summed E-state index contributed by atoms with van der Waals surface area (Å²) in [5, 5.41) is 8.01. The maximum absolute atomic E-state index is 12.3. The van der Waals surface area contributed by atoms with Gasteiger partial charge in [-0.15, -0.1) is 0 Å². The number of ether oxygens (including phenoxy) is 2. The van der Waals surface area contributed by atoms with E-state index in [1.165, 1.54) is 0 Å². The molecule has 0 spiro atoms. The highest BCUT2D eigenvalue weighted by atomic mass is 16.5. The molecule has 0 aliphatic heterocycles. The molecule has 25 heavy (non-hydrogen) atoms. The topological polar surface area (TPSA) is 78.3 Å². The van der Waals surface area contributed by atoms with Gasteiger partial charge in [0.2, 0.25) is 0 Å². The molecule has 130 valence electrons. The van der Waals surface area contributed by atoms with Gasteiger partial charge < -0.3 is 14.8 Å². The third kappa shape index (κ3) is 3.71. The molecule has 0 radical (unpaired) electrons. The number of carbonyl (C=O) groups is 1. The molecule has 3 aromatic rings. The van der Waals surface area contributed by atoms with Crippen LogP contribution in [0.4, 0.5) is 0 Å². The number of pyridine rings is 1. The number of hydrogen-bond acceptors (Lipinski definition) is 5. The zero-order chi connectivity index (χ0) is 17.8. The first-order chi connectivity index (χ1) is 12.1. The van der Waals surface area contributed by atoms with Gasteiger partial charge in [0.1, 0.15) is 18.1 Å². The zero-order valence-corrected chi connectivity index (χ0v) is 14.4. The number of hydrogen-bond donors (Lipinski definition) is 1. The predicted octanol–water partition coefficient (Wildman–Crippen LogP) is 2.09. The van der Waals surface area contributed by atoms with Crippen molar-refractivity contribution in [3.05, 3.63) is 47.8 Å². The van der Waals surface area contributed by atoms with Crippen molar-refractivity contribution in [2.45, 2.75) is 6.92 Å². The van der Waals surface area contributed by atoms with Gasteiger partial charge in [0, 0.05) is 24.7 Å². The highest BCUT2D eigenvalue weighted by Crippen LogP contribution is 2.19. The lowest BCUT2D eigenvalue weighted by Crippen LogP contribution is -2.28. The predicted molar refractivity (Wildman–Crippen MR) is 94.1 cm³/mol. The van der Waals surface area contributed by atoms with Crippen LogP contribution in [-0.4, -0.2) is 40.9 Å². The van der Waals surface area contributed by atoms with Gasteiger partial charge in [-0.25, -0.2) is 4.98 Å². The van der Waals surface area contributed by atoms with E-state index in [1.54, 1.807) is 24.1 Å². The zero-order valence-electron chi connectivity index (χ0n) is 14.4. The fraction of sp³-hybridized carbons (Fsp3) is 0.278. The van der Waals surface area contributed by atoms with Crippen LogP contribution >= 0.6 is 0 Å². The summed E-state index contributed by atoms with van der Waals surface area (Å²) in [6, 6.07) is 9.14. The van der Waals surface area contributed by atoms with Gasteiger partial charge in [-0.05, 0) is 25.1 Å². The molecule has 2 heterocycles. The first-order valence-corrected chi connectivity index (χ1v) is 7.93. The van der Waals surface area contributed by atoms with Crippen molar-refractivity contribution in [2.75, 3.05) is 20.3 Å². The molecule has 0 atom stereocenters. The summed E-state index contributed by atoms with van der Waals surface area (Å²) >= 11 is 0. The summed E-state index contributed by atoms with van der Waals surface area (Å²) in [5.41, 5.74) is 2.11. The van der Waals surface area contributed by atoms with Gasteiger partial charge in [0.25, 0.3) is 5.91 Å². The number of benzene rings is 1. The average molecular weight is 340 g/mol. The minimum Gasteiger partial charge on any atom is -0.497 e. The lowest BCUT2D eigenvalue weighted by molar-refractivity contribution is 0.0946. The molecule has 1 amide bonds. The van der Waals surface area contributed by atoms with Crippen molar-refractivity contribution < 1.29 is 14.3 Å². The number of fused-ring (bicyclic) bond motifs is 1. The lowest BCUT2D eigenvalue weighted by atomic mass is 10.2. The molecule has 2 aromatic heterocycles. The smallest absolute Gasteiger partial charge is 0.252 e. The fourth-order valence-electron chi connectivity index (χ4n) is 2.56. The molecule has 0 aliphatic carbocycles. The van der Waals surface area contributed by atoms with Crippen LogP contribution in [0.2, 0.25) is 0 Å². The van der Waals surface area contributed by atoms with Crippen LogP contribution in [0.1, 0.15) is 16.1 Å². The Hall–Kier alpha value is -3.09. The molecule has 0 saturated heterocycles. The first-order valence-electron chi connectivity index (χ1n) is 7.93. The highest BCUT2D eigenvalue weighted by Gasteiger charge is 2.11. The maximum Gasteiger partial charge on any atom is 0.252 e. The minimum absolute atomic E-state index is 0.188. The van der Waals surface area contributed by atoms with E-state index in [-0.39, 0.29) is 5.91 Å². The summed E-state index contributed by atoms with van der Waals surface area (Å²) in [5.74, 6) is 1.24. The number of aromatic nitrogens is 3. The van der Waals surface area contributed by atoms with Gasteiger partial charge in [-0.1, -0.05) is 6.07 Å². The van der Waals surface area contributed by atoms with Gasteiger partial charge in [0.05, 0.1) is 24.9 Å². The van der Waals surface area contributed by atoms with E-state index in [9.17, 15) is 4.79 Å². The number of nitrogens with zero attached hydrogens (tertiary/aromatic N) is 3. The van der Waals surface area contributed by atoms with Crippen LogP contribution in [0, 0.1) is 6.92 Å². The van der Waals surface area contributed by atoms with Crippen LogP contribution in [0.3, 0.4) is 0 Å². The van der Waals surface area contributed by atoms with Crippen LogP contribution in [0.15, 0.2) is 36.5 Å². The van der Waals surface area contributed by atoms with E-state index < -0.39 is 0 Å². The number of nitrogens with one attached hydrogen (secondary N) is 1. The number of methoxy groups -OCH3 is 1. The van der Waals surface area contributed by atoms with Crippen molar-refractivity contribution in [2.24, 2.45) is 7.05 Å². The standard InChI is InChI=1S/C18H20N4O3/c1-12-16-9-13(11-20-17(16)22(2)21-12)18(23)19-7-8-25-15-6-4-5-14(10-15)24-3/h4-6,9-11H,7-8H2,1-3H3,(H,19,23). The third-order valence-electron chi connectivity index (χ3n) is 3.82. The lowest BCUT2D eigenvalue weighted by Gasteiger charge is -2.09. The summed E-state index contributed by atoms with van der Waals surface area (Å²) in [4.78, 5) is 16.6. The largest absolute Gasteiger partial charge is 0.497 e. The quantitative estimate of drug-likeness (QED) is 0.695. The van der Waals surface area contributed by atoms with Crippen molar-refractivity contribution in [3.8, 4) is 11.5 Å². The van der Waals surface area contributed by atoms with Crippen molar-refractivity contribution in [3.63, 3.8) is 0 Å². The monoisotopic (exact) mass is 340 g/mol. The Kier molecular flexibility index (Phi) is 4.83. The average Bonchev–Trinajstić information content (AvgIpc) is 2.92. The summed E-state index contributed by atoms with van der Waals surface area (Å²) in [6.07, 6.45) is 1.56. The van der Waals surface area contributed by atoms with E-state index in [1.807, 2.05) is 38.2 Å². The second-order valence-electron chi connectivity index (χ2n) is 5.59. The molecule has 1 aromatic carbocycles. The first kappa shape index (κ1) is 16.8. The molecule has 0 unspecified atom stereocenters. The van der Waals surface area contributed by atoms with Crippen molar-refractivity contribution >= 4 is 16.9 Å². The van der Waals surface area contributed by atoms with E-state index in [0.717, 1.165) is 22.5 Å². The van der Waals surface area contributed by atoms with Gasteiger partial charge in [-0.2, -0.15) is 5.10 Å². The molecule has 0 bridgehead atoms. The molecule has 1 N–H and O–H groups in total. The third-order valence-corrected chi connectivity index (χ3v) is 3.82. The Morgan fingerprint density at radius 2 is 2.08 bits per heavy atom. The Balaban J connectivity index is 1.56. The summed E-state index contributed by atoms with van der Waals surface area (Å²) in [6.45, 7) is 2.65.